The molecule has 0 radical (unpaired) electrons. The molecule has 3 rings (SSSR count). The predicted molar refractivity (Wildman–Crippen MR) is 72.4 cm³/mol. The third kappa shape index (κ3) is 1.82. The van der Waals surface area contributed by atoms with Crippen LogP contribution < -0.4 is 11.3 Å². The second kappa shape index (κ2) is 4.68. The molecule has 5 heteroatoms. The monoisotopic (exact) mass is 259 g/mol. The maximum absolute atomic E-state index is 12.0. The number of nitrogens with two attached hydrogens (primary N) is 1. The molecule has 5 nitrogen and oxygen atoms in total. The number of methoxy groups -OCH3 is 1. The molecule has 1 aliphatic rings. The van der Waals surface area contributed by atoms with Crippen molar-refractivity contribution in [3.63, 3.8) is 0 Å². The summed E-state index contributed by atoms with van der Waals surface area (Å²) < 4.78 is 5.51. The zero-order chi connectivity index (χ0) is 13.4. The second-order valence-electron chi connectivity index (χ2n) is 4.86. The number of fused-ring (bicyclic) bond motifs is 3. The van der Waals surface area contributed by atoms with Gasteiger partial charge in [-0.05, 0) is 24.5 Å². The Labute approximate surface area is 111 Å². The standard InChI is InChI=1S/C14H17N3O2/c1-19-11-7-6-9(14(18)17-15)12-8-4-2-3-5-10(8)16-13(11)12/h2-5,9,11,16H,6-7,15H2,1H3,(H,17,18). The lowest BCUT2D eigenvalue weighted by Gasteiger charge is -2.27. The van der Waals surface area contributed by atoms with Crippen LogP contribution in [-0.4, -0.2) is 18.0 Å². The average molecular weight is 259 g/mol. The van der Waals surface area contributed by atoms with Gasteiger partial charge in [0, 0.05) is 23.7 Å². The van der Waals surface area contributed by atoms with E-state index in [4.69, 9.17) is 10.6 Å². The third-order valence-corrected chi connectivity index (χ3v) is 3.91. The maximum Gasteiger partial charge on any atom is 0.241 e. The Morgan fingerprint density at radius 1 is 1.42 bits per heavy atom. The fourth-order valence-corrected chi connectivity index (χ4v) is 3.02. The van der Waals surface area contributed by atoms with Gasteiger partial charge >= 0.3 is 0 Å². The third-order valence-electron chi connectivity index (χ3n) is 3.91. The van der Waals surface area contributed by atoms with Gasteiger partial charge in [0.05, 0.1) is 12.0 Å². The number of benzene rings is 1. The summed E-state index contributed by atoms with van der Waals surface area (Å²) in [6.07, 6.45) is 1.58. The Bertz CT molecular complexity index is 620. The van der Waals surface area contributed by atoms with Gasteiger partial charge in [-0.15, -0.1) is 0 Å². The predicted octanol–water partition coefficient (Wildman–Crippen LogP) is 1.72. The molecule has 2 aromatic rings. The minimum Gasteiger partial charge on any atom is -0.375 e. The molecule has 19 heavy (non-hydrogen) atoms. The first-order valence-electron chi connectivity index (χ1n) is 6.40. The van der Waals surface area contributed by atoms with Gasteiger partial charge < -0.3 is 9.72 Å². The summed E-state index contributed by atoms with van der Waals surface area (Å²) in [5, 5.41) is 1.08. The Kier molecular flexibility index (Phi) is 3.00. The molecule has 1 heterocycles. The van der Waals surface area contributed by atoms with Crippen LogP contribution in [0.4, 0.5) is 0 Å². The molecule has 1 aromatic heterocycles. The summed E-state index contributed by atoms with van der Waals surface area (Å²) in [7, 11) is 1.70. The number of hydrogen-bond acceptors (Lipinski definition) is 3. The molecular formula is C14H17N3O2. The van der Waals surface area contributed by atoms with Gasteiger partial charge in [-0.25, -0.2) is 5.84 Å². The van der Waals surface area contributed by atoms with Gasteiger partial charge in [0.25, 0.3) is 0 Å². The van der Waals surface area contributed by atoms with E-state index in [0.29, 0.717) is 0 Å². The van der Waals surface area contributed by atoms with Gasteiger partial charge in [-0.2, -0.15) is 0 Å². The van der Waals surface area contributed by atoms with E-state index in [-0.39, 0.29) is 17.9 Å². The van der Waals surface area contributed by atoms with Crippen molar-refractivity contribution in [2.24, 2.45) is 5.84 Å². The first kappa shape index (κ1) is 12.2. The molecule has 0 aliphatic heterocycles. The zero-order valence-corrected chi connectivity index (χ0v) is 10.8. The van der Waals surface area contributed by atoms with Crippen molar-refractivity contribution in [1.82, 2.24) is 10.4 Å². The first-order valence-corrected chi connectivity index (χ1v) is 6.40. The van der Waals surface area contributed by atoms with Gasteiger partial charge in [0.1, 0.15) is 0 Å². The van der Waals surface area contributed by atoms with Crippen molar-refractivity contribution in [3.8, 4) is 0 Å². The summed E-state index contributed by atoms with van der Waals surface area (Å²) in [6.45, 7) is 0. The average Bonchev–Trinajstić information content (AvgIpc) is 2.85. The van der Waals surface area contributed by atoms with Crippen molar-refractivity contribution in [3.05, 3.63) is 35.5 Å². The highest BCUT2D eigenvalue weighted by atomic mass is 16.5. The SMILES string of the molecule is COC1CCC(C(=O)NN)c2c1[nH]c1ccccc21. The number of ether oxygens (including phenoxy) is 1. The largest absolute Gasteiger partial charge is 0.375 e. The van der Waals surface area contributed by atoms with E-state index < -0.39 is 0 Å². The number of amides is 1. The molecule has 2 unspecified atom stereocenters. The Morgan fingerprint density at radius 3 is 2.95 bits per heavy atom. The van der Waals surface area contributed by atoms with Crippen LogP contribution in [0, 0.1) is 0 Å². The van der Waals surface area contributed by atoms with Crippen LogP contribution in [0.3, 0.4) is 0 Å². The van der Waals surface area contributed by atoms with E-state index in [1.165, 1.54) is 0 Å². The van der Waals surface area contributed by atoms with Crippen LogP contribution in [0.25, 0.3) is 10.9 Å². The van der Waals surface area contributed by atoms with Crippen LogP contribution >= 0.6 is 0 Å². The van der Waals surface area contributed by atoms with Crippen molar-refractivity contribution in [2.45, 2.75) is 24.9 Å². The number of carbonyl (C=O) groups is 1. The van der Waals surface area contributed by atoms with E-state index in [0.717, 1.165) is 35.0 Å². The number of H-pyrrole nitrogens is 1. The van der Waals surface area contributed by atoms with Gasteiger partial charge in [-0.1, -0.05) is 18.2 Å². The molecule has 0 saturated carbocycles. The van der Waals surface area contributed by atoms with Crippen LogP contribution in [0.2, 0.25) is 0 Å². The Hall–Kier alpha value is -1.85. The topological polar surface area (TPSA) is 80.1 Å². The molecular weight excluding hydrogens is 242 g/mol. The second-order valence-corrected chi connectivity index (χ2v) is 4.86. The number of nitrogens with one attached hydrogen (secondary N) is 2. The number of aromatic nitrogens is 1. The smallest absolute Gasteiger partial charge is 0.241 e. The summed E-state index contributed by atoms with van der Waals surface area (Å²) in [6, 6.07) is 7.99. The minimum atomic E-state index is -0.206. The normalized spacial score (nSPS) is 22.2. The van der Waals surface area contributed by atoms with Gasteiger partial charge in [0.15, 0.2) is 0 Å². The van der Waals surface area contributed by atoms with Gasteiger partial charge in [0.2, 0.25) is 5.91 Å². The summed E-state index contributed by atoms with van der Waals surface area (Å²) in [4.78, 5) is 15.4. The first-order chi connectivity index (χ1) is 9.26. The van der Waals surface area contributed by atoms with E-state index in [1.807, 2.05) is 24.3 Å². The molecule has 1 amide bonds. The summed E-state index contributed by atoms with van der Waals surface area (Å²) in [5.74, 6) is 4.95. The summed E-state index contributed by atoms with van der Waals surface area (Å²) in [5.41, 5.74) is 5.33. The lowest BCUT2D eigenvalue weighted by Crippen LogP contribution is -2.36. The van der Waals surface area contributed by atoms with Crippen molar-refractivity contribution < 1.29 is 9.53 Å². The number of para-hydroxylation sites is 1. The highest BCUT2D eigenvalue weighted by Crippen LogP contribution is 2.42. The fourth-order valence-electron chi connectivity index (χ4n) is 3.02. The molecule has 4 N–H and O–H groups in total. The highest BCUT2D eigenvalue weighted by Gasteiger charge is 2.34. The van der Waals surface area contributed by atoms with Crippen molar-refractivity contribution in [2.75, 3.05) is 7.11 Å². The number of hydrogen-bond donors (Lipinski definition) is 3. The molecule has 100 valence electrons. The molecule has 0 spiro atoms. The maximum atomic E-state index is 12.0. The Morgan fingerprint density at radius 2 is 2.21 bits per heavy atom. The van der Waals surface area contributed by atoms with Crippen LogP contribution in [0.15, 0.2) is 24.3 Å². The van der Waals surface area contributed by atoms with Crippen LogP contribution in [-0.2, 0) is 9.53 Å². The van der Waals surface area contributed by atoms with Crippen molar-refractivity contribution >= 4 is 16.8 Å². The molecule has 1 aliphatic carbocycles. The highest BCUT2D eigenvalue weighted by molar-refractivity contribution is 5.93. The number of carbonyl (C=O) groups excluding carboxylic acids is 1. The molecule has 0 bridgehead atoms. The molecule has 2 atom stereocenters. The van der Waals surface area contributed by atoms with Crippen LogP contribution in [0.1, 0.15) is 36.1 Å². The lowest BCUT2D eigenvalue weighted by molar-refractivity contribution is -0.123. The number of hydrazine groups is 1. The minimum absolute atomic E-state index is 0.0178. The lowest BCUT2D eigenvalue weighted by atomic mass is 9.83. The van der Waals surface area contributed by atoms with E-state index in [1.54, 1.807) is 7.11 Å². The molecule has 0 fully saturated rings. The Balaban J connectivity index is 2.21. The van der Waals surface area contributed by atoms with Crippen LogP contribution in [0.5, 0.6) is 0 Å². The zero-order valence-electron chi connectivity index (χ0n) is 10.8. The van der Waals surface area contributed by atoms with E-state index in [9.17, 15) is 4.79 Å². The van der Waals surface area contributed by atoms with Gasteiger partial charge in [-0.3, -0.25) is 10.2 Å². The number of rotatable bonds is 2. The van der Waals surface area contributed by atoms with E-state index in [2.05, 4.69) is 10.4 Å². The van der Waals surface area contributed by atoms with E-state index >= 15 is 0 Å². The summed E-state index contributed by atoms with van der Waals surface area (Å²) >= 11 is 0. The van der Waals surface area contributed by atoms with Crippen molar-refractivity contribution in [1.29, 1.82) is 0 Å². The number of aromatic amines is 1. The fraction of sp³-hybridized carbons (Fsp3) is 0.357. The molecule has 0 saturated heterocycles. The quantitative estimate of drug-likeness (QED) is 0.436. The molecule has 1 aromatic carbocycles.